The highest BCUT2D eigenvalue weighted by molar-refractivity contribution is 5.90. The molecule has 564 valence electrons. The largest absolute Gasteiger partial charge is 0.508 e. The molecule has 5 aliphatic rings. The van der Waals surface area contributed by atoms with Gasteiger partial charge in [-0.1, -0.05) is 24.3 Å². The number of rotatable bonds is 18. The third kappa shape index (κ3) is 14.1. The lowest BCUT2D eigenvalue weighted by Gasteiger charge is -2.50. The summed E-state index contributed by atoms with van der Waals surface area (Å²) in [6.45, 7) is 0.562. The molecule has 34 heteroatoms. The third-order valence-electron chi connectivity index (χ3n) is 19.5. The van der Waals surface area contributed by atoms with E-state index in [2.05, 4.69) is 0 Å². The Morgan fingerprint density at radius 3 is 1.05 bits per heavy atom. The van der Waals surface area contributed by atoms with Crippen LogP contribution in [0.2, 0.25) is 0 Å². The summed E-state index contributed by atoms with van der Waals surface area (Å²) < 4.78 is 71.6. The predicted molar refractivity (Wildman–Crippen MR) is 353 cm³/mol. The molecule has 4 aliphatic heterocycles. The molecule has 1 saturated carbocycles. The molecule has 106 heavy (non-hydrogen) atoms. The van der Waals surface area contributed by atoms with E-state index >= 15 is 9.59 Å². The predicted octanol–water partition coefficient (Wildman–Crippen LogP) is 0.555. The van der Waals surface area contributed by atoms with Crippen molar-refractivity contribution in [1.82, 2.24) is 0 Å². The molecule has 0 unspecified atom stereocenters. The first-order chi connectivity index (χ1) is 50.5. The van der Waals surface area contributed by atoms with E-state index in [-0.39, 0.29) is 56.8 Å². The number of aromatic hydroxyl groups is 8. The second-order valence-corrected chi connectivity index (χ2v) is 26.3. The van der Waals surface area contributed by atoms with Crippen LogP contribution in [0.3, 0.4) is 0 Å². The number of carbonyl (C=O) groups excluding carboxylic acids is 2. The second-order valence-electron chi connectivity index (χ2n) is 26.3. The number of fused-ring (bicyclic) bond motifs is 2. The zero-order valence-electron chi connectivity index (χ0n) is 55.4. The van der Waals surface area contributed by atoms with Crippen LogP contribution >= 0.6 is 0 Å². The molecule has 0 spiro atoms. The van der Waals surface area contributed by atoms with Crippen molar-refractivity contribution in [3.05, 3.63) is 153 Å². The zero-order valence-corrected chi connectivity index (χ0v) is 55.4. The maximum atomic E-state index is 15.0. The molecular formula is C72H72O34. The molecule has 2 aromatic heterocycles. The number of aliphatic hydroxyl groups is 10. The van der Waals surface area contributed by atoms with Crippen LogP contribution in [0.15, 0.2) is 140 Å². The molecule has 1 aliphatic carbocycles. The van der Waals surface area contributed by atoms with Crippen LogP contribution < -0.4 is 20.3 Å². The van der Waals surface area contributed by atoms with Crippen LogP contribution in [0, 0.1) is 11.8 Å². The van der Waals surface area contributed by atoms with Crippen molar-refractivity contribution in [2.45, 2.75) is 149 Å². The number of phenols is 8. The standard InChI is InChI=1S/C72H72O34/c1-25-49(81)57(89)65(71(97-25)103-63-53(85)45-37(79)19-35(77)21-39(45)99-61(63)29-7-15-33(75)16-8-29)105-69-59(91)55(87)51(83)41(101-69)23-95-67(93)47-43(27-3-11-31(73)12-4-27)44(28-5-13-32(74)14-6-28)48(47)68(94)96-24-42-52(84)56(88)60(92)70(102-42)106-66-58(90)50(82)26(2)98-72(66)104-64-54(86)46-38(80)20-36(78)22-40(46)100-62(64)30-9-17-34(76)18-10-30/h3-22,25-26,41-44,47-52,55-60,65-66,69-84,87-92H,23-24H2,1-2H3/t25-,26-,41+,42+,43-,44-,47-,48-,49-,50-,51+,52+,55-,56-,57+,58+,59+,60+,65+,66+,69-,70-,71-,72-/m0/s1. The van der Waals surface area contributed by atoms with Crippen molar-refractivity contribution in [2.24, 2.45) is 11.8 Å². The van der Waals surface area contributed by atoms with Crippen molar-refractivity contribution >= 4 is 33.9 Å². The van der Waals surface area contributed by atoms with E-state index in [0.29, 0.717) is 11.1 Å². The Hall–Kier alpha value is -9.96. The molecule has 6 aromatic carbocycles. The van der Waals surface area contributed by atoms with Gasteiger partial charge in [0.2, 0.25) is 34.9 Å². The van der Waals surface area contributed by atoms with E-state index in [4.69, 9.17) is 56.2 Å². The lowest BCUT2D eigenvalue weighted by molar-refractivity contribution is -0.356. The Kier molecular flexibility index (Phi) is 20.9. The summed E-state index contributed by atoms with van der Waals surface area (Å²) in [5, 5.41) is 196. The molecule has 18 N–H and O–H groups in total. The van der Waals surface area contributed by atoms with Crippen molar-refractivity contribution in [3.63, 3.8) is 0 Å². The van der Waals surface area contributed by atoms with E-state index in [1.165, 1.54) is 111 Å². The fraction of sp³-hybridized carbons (Fsp3) is 0.389. The van der Waals surface area contributed by atoms with Crippen LogP contribution in [-0.2, 0) is 47.5 Å². The molecule has 6 heterocycles. The van der Waals surface area contributed by atoms with Gasteiger partial charge < -0.3 is 148 Å². The number of hydrogen-bond donors (Lipinski definition) is 18. The van der Waals surface area contributed by atoms with Crippen LogP contribution in [-0.4, -0.2) is 240 Å². The lowest BCUT2D eigenvalue weighted by atomic mass is 9.52. The Bertz CT molecular complexity index is 4350. The Morgan fingerprint density at radius 1 is 0.377 bits per heavy atom. The lowest BCUT2D eigenvalue weighted by Crippen LogP contribution is -2.64. The summed E-state index contributed by atoms with van der Waals surface area (Å²) >= 11 is 0. The van der Waals surface area contributed by atoms with E-state index < -0.39 is 228 Å². The Morgan fingerprint density at radius 2 is 0.708 bits per heavy atom. The maximum Gasteiger partial charge on any atom is 0.310 e. The number of benzene rings is 6. The monoisotopic (exact) mass is 1480 g/mol. The minimum atomic E-state index is -2.23. The molecule has 34 nitrogen and oxygen atoms in total. The summed E-state index contributed by atoms with van der Waals surface area (Å²) in [4.78, 5) is 58.7. The van der Waals surface area contributed by atoms with Gasteiger partial charge in [-0.15, -0.1) is 0 Å². The maximum absolute atomic E-state index is 15.0. The number of esters is 2. The van der Waals surface area contributed by atoms with E-state index in [9.17, 15) is 102 Å². The molecule has 5 fully saturated rings. The summed E-state index contributed by atoms with van der Waals surface area (Å²) in [5.74, 6) is -13.4. The fourth-order valence-electron chi connectivity index (χ4n) is 13.8. The first-order valence-electron chi connectivity index (χ1n) is 33.1. The molecule has 0 bridgehead atoms. The Labute approximate surface area is 596 Å². The van der Waals surface area contributed by atoms with Gasteiger partial charge in [0.05, 0.1) is 24.0 Å². The summed E-state index contributed by atoms with van der Waals surface area (Å²) in [5.41, 5.74) is -2.03. The molecule has 0 amide bonds. The molecule has 24 atom stereocenters. The summed E-state index contributed by atoms with van der Waals surface area (Å²) in [6, 6.07) is 24.8. The van der Waals surface area contributed by atoms with E-state index in [1.54, 1.807) is 0 Å². The van der Waals surface area contributed by atoms with Gasteiger partial charge in [0.25, 0.3) is 0 Å². The molecule has 0 radical (unpaired) electrons. The molecule has 8 aromatic rings. The molecule has 4 saturated heterocycles. The number of carbonyl (C=O) groups is 2. The highest BCUT2D eigenvalue weighted by atomic mass is 16.8. The average Bonchev–Trinajstić information content (AvgIpc) is 0.735. The SMILES string of the molecule is C[C@@H]1O[C@@H](Oc2c(-c3ccc(O)cc3)oc3cc(O)cc(O)c3c2=O)[C@H](O[C@@H]2O[C@H](COC(=O)[C@@H]3[C@@H](C(=O)OC[C@H]4O[C@@H](O[C@H]5[C@H](Oc6c(-c7ccc(O)cc7)oc7cc(O)cc(O)c7c6=O)O[C@@H](C)[C@H](O)[C@H]5O)[C@H](O)[C@@H](O)[C@@H]4O)[C@@H](c4ccc(O)cc4)[C@@H]3c3ccc(O)cc3)[C@@H](O)[C@H](O)[C@H]2O)[C@H](O)[C@H]1O. The normalized spacial score (nSPS) is 32.4. The van der Waals surface area contributed by atoms with Gasteiger partial charge in [0, 0.05) is 47.2 Å². The minimum absolute atomic E-state index is 0.0787. The van der Waals surface area contributed by atoms with Gasteiger partial charge in [-0.25, -0.2) is 0 Å². The zero-order chi connectivity index (χ0) is 75.8. The van der Waals surface area contributed by atoms with Crippen LogP contribution in [0.4, 0.5) is 0 Å². The topological polar surface area (TPSA) is 551 Å². The van der Waals surface area contributed by atoms with E-state index in [0.717, 1.165) is 24.3 Å². The van der Waals surface area contributed by atoms with Gasteiger partial charge in [0.15, 0.2) is 36.3 Å². The highest BCUT2D eigenvalue weighted by Crippen LogP contribution is 2.59. The second kappa shape index (κ2) is 29.8. The average molecular weight is 1480 g/mol. The highest BCUT2D eigenvalue weighted by Gasteiger charge is 2.61. The quantitative estimate of drug-likeness (QED) is 0.0522. The smallest absolute Gasteiger partial charge is 0.310 e. The summed E-state index contributed by atoms with van der Waals surface area (Å²) in [7, 11) is 0. The Balaban J connectivity index is 0.754. The number of ether oxygens (including phenoxy) is 10. The number of phenolic OH excluding ortho intramolecular Hbond substituents is 8. The number of aliphatic hydroxyl groups excluding tert-OH is 10. The van der Waals surface area contributed by atoms with Crippen molar-refractivity contribution in [2.75, 3.05) is 13.2 Å². The van der Waals surface area contributed by atoms with Crippen molar-refractivity contribution in [1.29, 1.82) is 0 Å². The van der Waals surface area contributed by atoms with Gasteiger partial charge in [-0.3, -0.25) is 19.2 Å². The van der Waals surface area contributed by atoms with E-state index in [1.807, 2.05) is 0 Å². The first kappa shape index (κ1) is 74.3. The van der Waals surface area contributed by atoms with Crippen molar-refractivity contribution in [3.8, 4) is 80.1 Å². The van der Waals surface area contributed by atoms with Gasteiger partial charge >= 0.3 is 11.9 Å². The van der Waals surface area contributed by atoms with Gasteiger partial charge in [0.1, 0.15) is 154 Å². The van der Waals surface area contributed by atoms with Crippen LogP contribution in [0.1, 0.15) is 36.8 Å². The minimum Gasteiger partial charge on any atom is -0.508 e. The van der Waals surface area contributed by atoms with Crippen LogP contribution in [0.5, 0.6) is 57.5 Å². The van der Waals surface area contributed by atoms with Crippen molar-refractivity contribution < 1.29 is 158 Å². The summed E-state index contributed by atoms with van der Waals surface area (Å²) in [6.07, 6.45) is -39.6. The van der Waals surface area contributed by atoms with Crippen LogP contribution in [0.25, 0.3) is 44.6 Å². The molecule has 13 rings (SSSR count). The fourth-order valence-corrected chi connectivity index (χ4v) is 13.8. The van der Waals surface area contributed by atoms with Gasteiger partial charge in [-0.05, 0) is 97.8 Å². The molecular weight excluding hydrogens is 1410 g/mol. The van der Waals surface area contributed by atoms with Gasteiger partial charge in [-0.2, -0.15) is 0 Å². The number of hydrogen-bond acceptors (Lipinski definition) is 34. The first-order valence-corrected chi connectivity index (χ1v) is 33.1. The third-order valence-corrected chi connectivity index (χ3v) is 19.5.